The van der Waals surface area contributed by atoms with Gasteiger partial charge in [-0.05, 0) is 70.7 Å². The molecule has 0 bridgehead atoms. The molecule has 1 saturated carbocycles. The lowest BCUT2D eigenvalue weighted by molar-refractivity contribution is 0.0702. The molecule has 3 fully saturated rings. The highest BCUT2D eigenvalue weighted by Gasteiger charge is 2.37. The van der Waals surface area contributed by atoms with Gasteiger partial charge in [-0.15, -0.1) is 0 Å². The number of nitrogens with zero attached hydrogens (tertiary/aromatic N) is 2. The molecule has 0 amide bonds. The van der Waals surface area contributed by atoms with Gasteiger partial charge < -0.3 is 15.1 Å². The Hall–Kier alpha value is -0.120. The van der Waals surface area contributed by atoms with Gasteiger partial charge in [-0.1, -0.05) is 26.2 Å². The average Bonchev–Trinajstić information content (AvgIpc) is 2.66. The van der Waals surface area contributed by atoms with Crippen molar-refractivity contribution in [1.82, 2.24) is 15.1 Å². The van der Waals surface area contributed by atoms with E-state index in [1.165, 1.54) is 90.6 Å². The molecular weight excluding hydrogens is 258 g/mol. The molecule has 21 heavy (non-hydrogen) atoms. The third-order valence-corrected chi connectivity index (χ3v) is 6.29. The Kier molecular flexibility index (Phi) is 4.92. The van der Waals surface area contributed by atoms with E-state index in [1.54, 1.807) is 0 Å². The number of nitrogens with one attached hydrogen (secondary N) is 1. The summed E-state index contributed by atoms with van der Waals surface area (Å²) < 4.78 is 0. The number of piperidine rings is 1. The predicted molar refractivity (Wildman–Crippen MR) is 89.7 cm³/mol. The second-order valence-electron chi connectivity index (χ2n) is 8.45. The molecule has 3 aliphatic rings. The Labute approximate surface area is 131 Å². The topological polar surface area (TPSA) is 18.5 Å². The van der Waals surface area contributed by atoms with Gasteiger partial charge in [0.2, 0.25) is 0 Å². The van der Waals surface area contributed by atoms with E-state index < -0.39 is 0 Å². The molecule has 122 valence electrons. The zero-order valence-corrected chi connectivity index (χ0v) is 14.3. The summed E-state index contributed by atoms with van der Waals surface area (Å²) in [5.41, 5.74) is 1.00. The van der Waals surface area contributed by atoms with E-state index in [4.69, 9.17) is 0 Å². The van der Waals surface area contributed by atoms with E-state index in [-0.39, 0.29) is 0 Å². The zero-order chi connectivity index (χ0) is 14.8. The van der Waals surface area contributed by atoms with Crippen molar-refractivity contribution in [3.63, 3.8) is 0 Å². The number of rotatable bonds is 2. The fourth-order valence-electron chi connectivity index (χ4n) is 4.77. The molecule has 1 aliphatic carbocycles. The summed E-state index contributed by atoms with van der Waals surface area (Å²) in [6.07, 6.45) is 11.2. The number of hydrogen-bond donors (Lipinski definition) is 1. The average molecular weight is 293 g/mol. The van der Waals surface area contributed by atoms with Crippen LogP contribution in [0.5, 0.6) is 0 Å². The number of likely N-dealkylation sites (tertiary alicyclic amines) is 1. The Balaban J connectivity index is 1.61. The maximum Gasteiger partial charge on any atom is 0.0308 e. The molecule has 0 aromatic rings. The maximum atomic E-state index is 3.93. The summed E-state index contributed by atoms with van der Waals surface area (Å²) >= 11 is 0. The largest absolute Gasteiger partial charge is 0.310 e. The van der Waals surface area contributed by atoms with Crippen LogP contribution in [0.2, 0.25) is 0 Å². The van der Waals surface area contributed by atoms with Gasteiger partial charge in [-0.25, -0.2) is 0 Å². The van der Waals surface area contributed by atoms with Crippen molar-refractivity contribution in [3.8, 4) is 0 Å². The summed E-state index contributed by atoms with van der Waals surface area (Å²) in [6.45, 7) is 10.3. The Morgan fingerprint density at radius 2 is 1.62 bits per heavy atom. The van der Waals surface area contributed by atoms with Gasteiger partial charge in [0, 0.05) is 18.6 Å². The molecule has 2 heterocycles. The Bertz CT molecular complexity index is 327. The van der Waals surface area contributed by atoms with Gasteiger partial charge in [0.1, 0.15) is 0 Å². The summed E-state index contributed by atoms with van der Waals surface area (Å²) in [5.74, 6) is 0. The first-order valence-electron chi connectivity index (χ1n) is 9.25. The molecule has 0 atom stereocenters. The maximum absolute atomic E-state index is 3.93. The van der Waals surface area contributed by atoms with Crippen molar-refractivity contribution in [2.75, 3.05) is 46.3 Å². The van der Waals surface area contributed by atoms with Gasteiger partial charge in [-0.3, -0.25) is 0 Å². The zero-order valence-electron chi connectivity index (χ0n) is 14.3. The summed E-state index contributed by atoms with van der Waals surface area (Å²) in [7, 11) is 2.27. The van der Waals surface area contributed by atoms with E-state index in [0.29, 0.717) is 11.0 Å². The van der Waals surface area contributed by atoms with Crippen LogP contribution in [0.3, 0.4) is 0 Å². The lowest BCUT2D eigenvalue weighted by Gasteiger charge is -2.44. The molecule has 1 N–H and O–H groups in total. The fourth-order valence-corrected chi connectivity index (χ4v) is 4.77. The molecule has 0 radical (unpaired) electrons. The van der Waals surface area contributed by atoms with Crippen LogP contribution >= 0.6 is 0 Å². The van der Waals surface area contributed by atoms with Crippen LogP contribution in [0.4, 0.5) is 0 Å². The first-order valence-corrected chi connectivity index (χ1v) is 9.25. The third-order valence-electron chi connectivity index (χ3n) is 6.29. The van der Waals surface area contributed by atoms with Crippen molar-refractivity contribution in [2.45, 2.75) is 63.8 Å². The first kappa shape index (κ1) is 15.8. The molecule has 2 aliphatic heterocycles. The van der Waals surface area contributed by atoms with Crippen LogP contribution in [-0.4, -0.2) is 61.7 Å². The molecular formula is C18H35N3. The van der Waals surface area contributed by atoms with E-state index >= 15 is 0 Å². The minimum atomic E-state index is 0.455. The van der Waals surface area contributed by atoms with Gasteiger partial charge in [0.25, 0.3) is 0 Å². The van der Waals surface area contributed by atoms with E-state index in [2.05, 4.69) is 29.1 Å². The van der Waals surface area contributed by atoms with E-state index in [0.717, 1.165) is 0 Å². The molecule has 0 unspecified atom stereocenters. The molecule has 3 heteroatoms. The van der Waals surface area contributed by atoms with Gasteiger partial charge in [-0.2, -0.15) is 0 Å². The second-order valence-corrected chi connectivity index (χ2v) is 8.45. The van der Waals surface area contributed by atoms with Crippen LogP contribution in [-0.2, 0) is 0 Å². The SMILES string of the molecule is CN1CCC(C)(CN2CCCNC3(CCCCC3)C2)CC1. The van der Waals surface area contributed by atoms with Crippen LogP contribution in [0.1, 0.15) is 58.3 Å². The van der Waals surface area contributed by atoms with Crippen LogP contribution < -0.4 is 5.32 Å². The van der Waals surface area contributed by atoms with Crippen molar-refractivity contribution < 1.29 is 0 Å². The highest BCUT2D eigenvalue weighted by Crippen LogP contribution is 2.34. The minimum absolute atomic E-state index is 0.455. The first-order chi connectivity index (χ1) is 10.1. The lowest BCUT2D eigenvalue weighted by atomic mass is 9.78. The van der Waals surface area contributed by atoms with Crippen LogP contribution in [0, 0.1) is 5.41 Å². The Morgan fingerprint density at radius 1 is 0.905 bits per heavy atom. The van der Waals surface area contributed by atoms with Gasteiger partial charge in [0.15, 0.2) is 0 Å². The van der Waals surface area contributed by atoms with Crippen LogP contribution in [0.15, 0.2) is 0 Å². The minimum Gasteiger partial charge on any atom is -0.310 e. The van der Waals surface area contributed by atoms with E-state index in [9.17, 15) is 0 Å². The Morgan fingerprint density at radius 3 is 2.33 bits per heavy atom. The van der Waals surface area contributed by atoms with Crippen molar-refractivity contribution >= 4 is 0 Å². The molecule has 3 rings (SSSR count). The predicted octanol–water partition coefficient (Wildman–Crippen LogP) is 2.72. The fraction of sp³-hybridized carbons (Fsp3) is 1.00. The van der Waals surface area contributed by atoms with E-state index in [1.807, 2.05) is 0 Å². The molecule has 2 saturated heterocycles. The lowest BCUT2D eigenvalue weighted by Crippen LogP contribution is -2.54. The molecule has 1 spiro atoms. The smallest absolute Gasteiger partial charge is 0.0308 e. The molecule has 0 aromatic heterocycles. The monoisotopic (exact) mass is 293 g/mol. The van der Waals surface area contributed by atoms with Crippen molar-refractivity contribution in [2.24, 2.45) is 5.41 Å². The molecule has 0 aromatic carbocycles. The normalized spacial score (nSPS) is 31.1. The van der Waals surface area contributed by atoms with Crippen molar-refractivity contribution in [3.05, 3.63) is 0 Å². The van der Waals surface area contributed by atoms with Gasteiger partial charge in [0.05, 0.1) is 0 Å². The quantitative estimate of drug-likeness (QED) is 0.844. The highest BCUT2D eigenvalue weighted by atomic mass is 15.2. The van der Waals surface area contributed by atoms with Crippen molar-refractivity contribution in [1.29, 1.82) is 0 Å². The standard InChI is InChI=1S/C18H35N3/c1-17(9-13-20(2)14-10-17)15-21-12-6-11-19-18(16-21)7-4-3-5-8-18/h19H,3-16H2,1-2H3. The third kappa shape index (κ3) is 4.00. The summed E-state index contributed by atoms with van der Waals surface area (Å²) in [4.78, 5) is 5.31. The van der Waals surface area contributed by atoms with Crippen LogP contribution in [0.25, 0.3) is 0 Å². The van der Waals surface area contributed by atoms with Gasteiger partial charge >= 0.3 is 0 Å². The second kappa shape index (κ2) is 6.55. The summed E-state index contributed by atoms with van der Waals surface area (Å²) in [6, 6.07) is 0. The highest BCUT2D eigenvalue weighted by molar-refractivity contribution is 4.96. The summed E-state index contributed by atoms with van der Waals surface area (Å²) in [5, 5.41) is 3.93. The molecule has 3 nitrogen and oxygen atoms in total. The number of hydrogen-bond acceptors (Lipinski definition) is 3.